The Bertz CT molecular complexity index is 2260. The highest BCUT2D eigenvalue weighted by molar-refractivity contribution is 5.91. The molecule has 3 fully saturated rings. The Morgan fingerprint density at radius 1 is 0.745 bits per heavy atom. The number of benzene rings is 2. The van der Waals surface area contributed by atoms with Crippen LogP contribution in [0.2, 0.25) is 0 Å². The van der Waals surface area contributed by atoms with Crippen LogP contribution in [0.25, 0.3) is 44.3 Å². The van der Waals surface area contributed by atoms with Gasteiger partial charge >= 0.3 is 12.2 Å². The first-order chi connectivity index (χ1) is 26.7. The molecule has 3 aliphatic rings. The van der Waals surface area contributed by atoms with E-state index < -0.39 is 24.3 Å². The van der Waals surface area contributed by atoms with Gasteiger partial charge in [0, 0.05) is 24.2 Å². The van der Waals surface area contributed by atoms with Crippen LogP contribution in [0.3, 0.4) is 0 Å². The van der Waals surface area contributed by atoms with E-state index in [1.807, 2.05) is 23.1 Å². The van der Waals surface area contributed by atoms with Gasteiger partial charge in [0.15, 0.2) is 0 Å². The molecule has 1 saturated carbocycles. The molecule has 2 aromatic carbocycles. The molecule has 2 aliphatic heterocycles. The molecule has 4 N–H and O–H groups in total. The molecule has 8 rings (SSSR count). The molecule has 15 heteroatoms. The summed E-state index contributed by atoms with van der Waals surface area (Å²) in [6.07, 6.45) is 8.47. The smallest absolute Gasteiger partial charge is 0.407 e. The molecule has 4 atom stereocenters. The number of aromatic nitrogens is 5. The molecule has 3 aromatic heterocycles. The summed E-state index contributed by atoms with van der Waals surface area (Å²) in [5.74, 6) is 1.28. The summed E-state index contributed by atoms with van der Waals surface area (Å²) in [6.45, 7) is 2.85. The molecule has 286 valence electrons. The summed E-state index contributed by atoms with van der Waals surface area (Å²) < 4.78 is 9.48. The number of H-pyrrole nitrogens is 2. The first-order valence-electron chi connectivity index (χ1n) is 19.0. The third-order valence-corrected chi connectivity index (χ3v) is 11.4. The maximum absolute atomic E-state index is 13.8. The summed E-state index contributed by atoms with van der Waals surface area (Å²) in [7, 11) is 2.58. The number of imidazole rings is 2. The number of likely N-dealkylation sites (tertiary alicyclic amines) is 2. The molecule has 5 heterocycles. The van der Waals surface area contributed by atoms with E-state index in [-0.39, 0.29) is 29.8 Å². The number of methoxy groups -OCH3 is 2. The van der Waals surface area contributed by atoms with E-state index in [4.69, 9.17) is 14.7 Å². The Morgan fingerprint density at radius 2 is 1.40 bits per heavy atom. The lowest BCUT2D eigenvalue weighted by molar-refractivity contribution is -0.136. The standard InChI is InChI=1S/C40H45N9O6/c1-22(43-39(52)54-2)37(50)48-15-5-9-32(48)35-42-20-30(45-35)27-14-12-24-17-26(13-11-25(24)18-27)28-19-29-31(21-41-28)46-36(44-29)33-10-6-16-49(33)38(51)34(23-7-4-8-23)47-40(53)55-3/h11-14,17-23,32-34H,4-10,15-16H2,1-3H3,(H,42,45)(H,43,52)(H,44,46)(H,47,53). The summed E-state index contributed by atoms with van der Waals surface area (Å²) in [5, 5.41) is 7.46. The van der Waals surface area contributed by atoms with Crippen LogP contribution in [0, 0.1) is 5.92 Å². The zero-order valence-corrected chi connectivity index (χ0v) is 31.1. The molecule has 0 bridgehead atoms. The molecule has 4 amide bonds. The minimum Gasteiger partial charge on any atom is -0.453 e. The second-order valence-corrected chi connectivity index (χ2v) is 14.7. The predicted octanol–water partition coefficient (Wildman–Crippen LogP) is 5.76. The number of rotatable bonds is 9. The monoisotopic (exact) mass is 747 g/mol. The van der Waals surface area contributed by atoms with Gasteiger partial charge in [0.1, 0.15) is 23.7 Å². The number of ether oxygens (including phenoxy) is 2. The number of carbonyl (C=O) groups is 4. The molecule has 4 unspecified atom stereocenters. The van der Waals surface area contributed by atoms with Crippen molar-refractivity contribution in [3.05, 3.63) is 66.5 Å². The van der Waals surface area contributed by atoms with Crippen molar-refractivity contribution in [2.45, 2.75) is 76.0 Å². The maximum Gasteiger partial charge on any atom is 0.407 e. The van der Waals surface area contributed by atoms with Crippen LogP contribution in [0.15, 0.2) is 54.9 Å². The largest absolute Gasteiger partial charge is 0.453 e. The summed E-state index contributed by atoms with van der Waals surface area (Å²) in [6, 6.07) is 12.7. The molecule has 55 heavy (non-hydrogen) atoms. The van der Waals surface area contributed by atoms with E-state index in [0.717, 1.165) is 95.1 Å². The normalized spacial score (nSPS) is 19.6. The van der Waals surface area contributed by atoms with Crippen LogP contribution in [0.1, 0.15) is 75.6 Å². The van der Waals surface area contributed by atoms with E-state index >= 15 is 0 Å². The lowest BCUT2D eigenvalue weighted by atomic mass is 9.79. The lowest BCUT2D eigenvalue weighted by Gasteiger charge is -2.36. The van der Waals surface area contributed by atoms with Crippen LogP contribution in [-0.4, -0.2) is 98.1 Å². The van der Waals surface area contributed by atoms with Crippen molar-refractivity contribution in [3.8, 4) is 22.5 Å². The Hall–Kier alpha value is -5.99. The highest BCUT2D eigenvalue weighted by Crippen LogP contribution is 2.37. The van der Waals surface area contributed by atoms with Gasteiger partial charge in [-0.15, -0.1) is 0 Å². The number of hydrogen-bond donors (Lipinski definition) is 4. The van der Waals surface area contributed by atoms with Gasteiger partial charge in [-0.05, 0) is 80.3 Å². The van der Waals surface area contributed by atoms with Crippen LogP contribution in [-0.2, 0) is 19.1 Å². The fourth-order valence-corrected chi connectivity index (χ4v) is 8.16. The molecule has 2 saturated heterocycles. The number of alkyl carbamates (subject to hydrolysis) is 2. The van der Waals surface area contributed by atoms with Gasteiger partial charge in [0.2, 0.25) is 11.8 Å². The van der Waals surface area contributed by atoms with Gasteiger partial charge in [-0.2, -0.15) is 0 Å². The van der Waals surface area contributed by atoms with E-state index in [0.29, 0.717) is 18.9 Å². The molecule has 5 aromatic rings. The number of carbonyl (C=O) groups excluding carboxylic acids is 4. The van der Waals surface area contributed by atoms with Gasteiger partial charge in [-0.25, -0.2) is 19.6 Å². The van der Waals surface area contributed by atoms with E-state index in [1.54, 1.807) is 24.2 Å². The Labute approximate surface area is 317 Å². The quantitative estimate of drug-likeness (QED) is 0.145. The number of fused-ring (bicyclic) bond motifs is 2. The van der Waals surface area contributed by atoms with Crippen molar-refractivity contribution in [3.63, 3.8) is 0 Å². The number of amides is 4. The van der Waals surface area contributed by atoms with Crippen LogP contribution < -0.4 is 10.6 Å². The fraction of sp³-hybridized carbons (Fsp3) is 0.425. The molecular formula is C40H45N9O6. The lowest BCUT2D eigenvalue weighted by Crippen LogP contribution is -2.53. The van der Waals surface area contributed by atoms with Gasteiger partial charge < -0.3 is 39.9 Å². The zero-order chi connectivity index (χ0) is 38.2. The third-order valence-electron chi connectivity index (χ3n) is 11.4. The number of nitrogens with one attached hydrogen (secondary N) is 4. The molecule has 0 spiro atoms. The van der Waals surface area contributed by atoms with Crippen molar-refractivity contribution in [2.24, 2.45) is 5.92 Å². The number of hydrogen-bond acceptors (Lipinski definition) is 9. The van der Waals surface area contributed by atoms with Crippen LogP contribution >= 0.6 is 0 Å². The van der Waals surface area contributed by atoms with Gasteiger partial charge in [0.05, 0.1) is 61.1 Å². The SMILES string of the molecule is COC(=O)NC(C)C(=O)N1CCCC1c1ncc(-c2ccc3cc(-c4cc5nc(C6CCCN6C(=O)C(NC(=O)OC)C6CCC6)[nH]c5cn4)ccc3c2)[nH]1. The number of nitrogens with zero attached hydrogens (tertiary/aromatic N) is 5. The average molecular weight is 748 g/mol. The second-order valence-electron chi connectivity index (χ2n) is 14.7. The molecule has 15 nitrogen and oxygen atoms in total. The average Bonchev–Trinajstić information content (AvgIpc) is 4.01. The topological polar surface area (TPSA) is 188 Å². The van der Waals surface area contributed by atoms with Crippen LogP contribution in [0.5, 0.6) is 0 Å². The third kappa shape index (κ3) is 7.06. The first kappa shape index (κ1) is 36.0. The number of pyridine rings is 1. The minimum atomic E-state index is -0.713. The Morgan fingerprint density at radius 3 is 2.09 bits per heavy atom. The molecular weight excluding hydrogens is 702 g/mol. The van der Waals surface area contributed by atoms with Gasteiger partial charge in [0.25, 0.3) is 0 Å². The number of aromatic amines is 2. The first-order valence-corrected chi connectivity index (χ1v) is 19.0. The van der Waals surface area contributed by atoms with E-state index in [9.17, 15) is 19.2 Å². The second kappa shape index (κ2) is 15.0. The summed E-state index contributed by atoms with van der Waals surface area (Å²) in [4.78, 5) is 75.6. The van der Waals surface area contributed by atoms with Crippen LogP contribution in [0.4, 0.5) is 9.59 Å². The van der Waals surface area contributed by atoms with E-state index in [1.165, 1.54) is 14.2 Å². The fourth-order valence-electron chi connectivity index (χ4n) is 8.16. The van der Waals surface area contributed by atoms with Crippen molar-refractivity contribution in [1.29, 1.82) is 0 Å². The molecule has 0 radical (unpaired) electrons. The Kier molecular flexibility index (Phi) is 9.84. The summed E-state index contributed by atoms with van der Waals surface area (Å²) in [5.41, 5.74) is 5.12. The van der Waals surface area contributed by atoms with Crippen molar-refractivity contribution in [1.82, 2.24) is 45.4 Å². The maximum atomic E-state index is 13.8. The van der Waals surface area contributed by atoms with E-state index in [2.05, 4.69) is 54.6 Å². The highest BCUT2D eigenvalue weighted by Gasteiger charge is 2.41. The van der Waals surface area contributed by atoms with Gasteiger partial charge in [-0.3, -0.25) is 14.6 Å². The van der Waals surface area contributed by atoms with Crippen molar-refractivity contribution >= 4 is 45.8 Å². The van der Waals surface area contributed by atoms with Gasteiger partial charge in [-0.1, -0.05) is 30.7 Å². The minimum absolute atomic E-state index is 0.0855. The molecule has 1 aliphatic carbocycles. The predicted molar refractivity (Wildman–Crippen MR) is 203 cm³/mol. The van der Waals surface area contributed by atoms with Crippen molar-refractivity contribution in [2.75, 3.05) is 27.3 Å². The van der Waals surface area contributed by atoms with Crippen molar-refractivity contribution < 1.29 is 28.7 Å². The Balaban J connectivity index is 0.978. The highest BCUT2D eigenvalue weighted by atomic mass is 16.5. The summed E-state index contributed by atoms with van der Waals surface area (Å²) >= 11 is 0. The zero-order valence-electron chi connectivity index (χ0n) is 31.1.